The molecule has 1 heterocycles. The lowest BCUT2D eigenvalue weighted by Gasteiger charge is -2.26. The Bertz CT molecular complexity index is 410. The number of rotatable bonds is 0. The van der Waals surface area contributed by atoms with E-state index in [2.05, 4.69) is 6.08 Å². The second-order valence-electron chi connectivity index (χ2n) is 3.47. The number of hydrogen-bond acceptors (Lipinski definition) is 1. The molecule has 72 valence electrons. The van der Waals surface area contributed by atoms with E-state index in [-0.39, 0.29) is 0 Å². The Hall–Kier alpha value is -1.77. The number of carbonyl (C=O) groups excluding carboxylic acids is 1. The van der Waals surface area contributed by atoms with Crippen LogP contribution in [0.25, 0.3) is 6.08 Å². The number of fused-ring (bicyclic) bond motifs is 1. The van der Waals surface area contributed by atoms with Crippen molar-refractivity contribution in [2.24, 2.45) is 5.73 Å². The Morgan fingerprint density at radius 2 is 2.14 bits per heavy atom. The van der Waals surface area contributed by atoms with Gasteiger partial charge in [-0.05, 0) is 18.6 Å². The van der Waals surface area contributed by atoms with Crippen molar-refractivity contribution in [1.82, 2.24) is 0 Å². The first-order valence-corrected chi connectivity index (χ1v) is 4.51. The van der Waals surface area contributed by atoms with E-state index < -0.39 is 6.03 Å². The second kappa shape index (κ2) is 3.18. The third kappa shape index (κ3) is 1.37. The van der Waals surface area contributed by atoms with Crippen molar-refractivity contribution >= 4 is 17.8 Å². The molecule has 3 nitrogen and oxygen atoms in total. The van der Waals surface area contributed by atoms with Crippen molar-refractivity contribution < 1.29 is 4.79 Å². The van der Waals surface area contributed by atoms with E-state index in [1.54, 1.807) is 4.90 Å². The molecule has 0 bridgehead atoms. The molecule has 0 aliphatic carbocycles. The first-order valence-electron chi connectivity index (χ1n) is 4.51. The number of benzene rings is 1. The smallest absolute Gasteiger partial charge is 0.319 e. The highest BCUT2D eigenvalue weighted by Crippen LogP contribution is 2.27. The molecule has 3 heteroatoms. The highest BCUT2D eigenvalue weighted by molar-refractivity contribution is 5.95. The molecule has 0 aromatic heterocycles. The fourth-order valence-corrected chi connectivity index (χ4v) is 1.70. The summed E-state index contributed by atoms with van der Waals surface area (Å²) in [6.07, 6.45) is 2.08. The Morgan fingerprint density at radius 3 is 2.86 bits per heavy atom. The van der Waals surface area contributed by atoms with Crippen molar-refractivity contribution in [2.75, 3.05) is 11.4 Å². The Morgan fingerprint density at radius 1 is 1.43 bits per heavy atom. The summed E-state index contributed by atoms with van der Waals surface area (Å²) in [5.74, 6) is 0. The van der Waals surface area contributed by atoms with Crippen LogP contribution in [-0.4, -0.2) is 12.6 Å². The number of amides is 2. The molecule has 0 fully saturated rings. The molecule has 0 saturated heterocycles. The molecule has 0 unspecified atom stereocenters. The quantitative estimate of drug-likeness (QED) is 0.665. The number of nitrogens with two attached hydrogens (primary N) is 1. The molecular formula is C11H12N2O. The Kier molecular flexibility index (Phi) is 2.00. The summed E-state index contributed by atoms with van der Waals surface area (Å²) in [4.78, 5) is 12.8. The van der Waals surface area contributed by atoms with E-state index in [1.807, 2.05) is 31.2 Å². The SMILES string of the molecule is CC1=Cc2ccccc2N(C(N)=O)C1. The minimum Gasteiger partial charge on any atom is -0.351 e. The molecule has 1 aliphatic rings. The van der Waals surface area contributed by atoms with Crippen molar-refractivity contribution in [3.63, 3.8) is 0 Å². The molecule has 2 rings (SSSR count). The average molecular weight is 188 g/mol. The number of urea groups is 1. The summed E-state index contributed by atoms with van der Waals surface area (Å²) in [5.41, 5.74) is 8.39. The largest absolute Gasteiger partial charge is 0.351 e. The van der Waals surface area contributed by atoms with Gasteiger partial charge in [0.2, 0.25) is 0 Å². The van der Waals surface area contributed by atoms with Gasteiger partial charge in [0.1, 0.15) is 0 Å². The van der Waals surface area contributed by atoms with Gasteiger partial charge < -0.3 is 5.73 Å². The predicted molar refractivity (Wildman–Crippen MR) is 57.0 cm³/mol. The molecule has 0 atom stereocenters. The standard InChI is InChI=1S/C11H12N2O/c1-8-6-9-4-2-3-5-10(9)13(7-8)11(12)14/h2-6H,7H2,1H3,(H2,12,14). The molecule has 0 spiro atoms. The number of hydrogen-bond donors (Lipinski definition) is 1. The molecule has 1 aromatic carbocycles. The van der Waals surface area contributed by atoms with Gasteiger partial charge in [-0.2, -0.15) is 0 Å². The van der Waals surface area contributed by atoms with Crippen LogP contribution in [0.4, 0.5) is 10.5 Å². The fraction of sp³-hybridized carbons (Fsp3) is 0.182. The zero-order valence-electron chi connectivity index (χ0n) is 8.03. The van der Waals surface area contributed by atoms with Crippen LogP contribution in [0.3, 0.4) is 0 Å². The van der Waals surface area contributed by atoms with Crippen LogP contribution in [0.1, 0.15) is 12.5 Å². The summed E-state index contributed by atoms with van der Waals surface area (Å²) in [6, 6.07) is 7.35. The topological polar surface area (TPSA) is 46.3 Å². The summed E-state index contributed by atoms with van der Waals surface area (Å²) >= 11 is 0. The number of anilines is 1. The minimum atomic E-state index is -0.398. The highest BCUT2D eigenvalue weighted by atomic mass is 16.2. The third-order valence-corrected chi connectivity index (χ3v) is 2.30. The molecule has 0 radical (unpaired) electrons. The monoisotopic (exact) mass is 188 g/mol. The number of primary amides is 1. The van der Waals surface area contributed by atoms with Gasteiger partial charge in [0.05, 0.1) is 5.69 Å². The highest BCUT2D eigenvalue weighted by Gasteiger charge is 2.18. The first-order chi connectivity index (χ1) is 6.68. The lowest BCUT2D eigenvalue weighted by Crippen LogP contribution is -2.38. The molecule has 2 N–H and O–H groups in total. The van der Waals surface area contributed by atoms with Crippen LogP contribution < -0.4 is 10.6 Å². The maximum absolute atomic E-state index is 11.2. The molecule has 1 aliphatic heterocycles. The van der Waals surface area contributed by atoms with Crippen LogP contribution in [0.15, 0.2) is 29.8 Å². The van der Waals surface area contributed by atoms with Crippen molar-refractivity contribution in [3.05, 3.63) is 35.4 Å². The molecule has 14 heavy (non-hydrogen) atoms. The average Bonchev–Trinajstić information content (AvgIpc) is 2.16. The zero-order valence-corrected chi connectivity index (χ0v) is 8.03. The maximum Gasteiger partial charge on any atom is 0.319 e. The Balaban J connectivity index is 2.53. The lowest BCUT2D eigenvalue weighted by atomic mass is 10.0. The third-order valence-electron chi connectivity index (χ3n) is 2.30. The summed E-state index contributed by atoms with van der Waals surface area (Å²) in [7, 11) is 0. The van der Waals surface area contributed by atoms with Gasteiger partial charge in [-0.25, -0.2) is 4.79 Å². The minimum absolute atomic E-state index is 0.398. The van der Waals surface area contributed by atoms with E-state index >= 15 is 0 Å². The molecular weight excluding hydrogens is 176 g/mol. The molecule has 2 amide bonds. The maximum atomic E-state index is 11.2. The van der Waals surface area contributed by atoms with Crippen molar-refractivity contribution in [3.8, 4) is 0 Å². The van der Waals surface area contributed by atoms with Gasteiger partial charge in [0.25, 0.3) is 0 Å². The zero-order chi connectivity index (χ0) is 10.1. The summed E-state index contributed by atoms with van der Waals surface area (Å²) in [5, 5.41) is 0. The second-order valence-corrected chi connectivity index (χ2v) is 3.47. The van der Waals surface area contributed by atoms with E-state index in [9.17, 15) is 4.79 Å². The van der Waals surface area contributed by atoms with Gasteiger partial charge in [-0.15, -0.1) is 0 Å². The van der Waals surface area contributed by atoms with Gasteiger partial charge in [0.15, 0.2) is 0 Å². The van der Waals surface area contributed by atoms with Gasteiger partial charge >= 0.3 is 6.03 Å². The van der Waals surface area contributed by atoms with Crippen molar-refractivity contribution in [1.29, 1.82) is 0 Å². The van der Waals surface area contributed by atoms with E-state index in [4.69, 9.17) is 5.73 Å². The molecule has 1 aromatic rings. The summed E-state index contributed by atoms with van der Waals surface area (Å²) < 4.78 is 0. The van der Waals surface area contributed by atoms with Crippen LogP contribution in [0.5, 0.6) is 0 Å². The fourth-order valence-electron chi connectivity index (χ4n) is 1.70. The summed E-state index contributed by atoms with van der Waals surface area (Å²) in [6.45, 7) is 2.58. The number of nitrogens with zero attached hydrogens (tertiary/aromatic N) is 1. The number of carbonyl (C=O) groups is 1. The number of para-hydroxylation sites is 1. The van der Waals surface area contributed by atoms with E-state index in [0.717, 1.165) is 16.8 Å². The van der Waals surface area contributed by atoms with E-state index in [0.29, 0.717) is 6.54 Å². The van der Waals surface area contributed by atoms with Crippen molar-refractivity contribution in [2.45, 2.75) is 6.92 Å². The van der Waals surface area contributed by atoms with Crippen LogP contribution in [-0.2, 0) is 0 Å². The van der Waals surface area contributed by atoms with E-state index in [1.165, 1.54) is 0 Å². The van der Waals surface area contributed by atoms with Crippen LogP contribution in [0.2, 0.25) is 0 Å². The first kappa shape index (κ1) is 8.81. The van der Waals surface area contributed by atoms with Crippen LogP contribution in [0, 0.1) is 0 Å². The van der Waals surface area contributed by atoms with Gasteiger partial charge in [0, 0.05) is 6.54 Å². The predicted octanol–water partition coefficient (Wildman–Crippen LogP) is 1.99. The van der Waals surface area contributed by atoms with Gasteiger partial charge in [-0.3, -0.25) is 4.90 Å². The van der Waals surface area contributed by atoms with Gasteiger partial charge in [-0.1, -0.05) is 29.8 Å². The normalized spacial score (nSPS) is 14.6. The molecule has 0 saturated carbocycles. The lowest BCUT2D eigenvalue weighted by molar-refractivity contribution is 0.254. The van der Waals surface area contributed by atoms with Crippen LogP contribution >= 0.6 is 0 Å². The Labute approximate surface area is 82.8 Å².